The molecule has 9 heteroatoms. The number of piperidine rings is 2. The van der Waals surface area contributed by atoms with Crippen molar-refractivity contribution in [1.29, 1.82) is 0 Å². The number of carbonyl (C=O) groups is 3. The maximum atomic E-state index is 13.1. The predicted molar refractivity (Wildman–Crippen MR) is 123 cm³/mol. The molecule has 1 aromatic carbocycles. The van der Waals surface area contributed by atoms with Gasteiger partial charge in [-0.05, 0) is 70.6 Å². The highest BCUT2D eigenvalue weighted by Crippen LogP contribution is 2.33. The van der Waals surface area contributed by atoms with Gasteiger partial charge in [0.15, 0.2) is 0 Å². The van der Waals surface area contributed by atoms with Gasteiger partial charge in [0.25, 0.3) is 5.91 Å². The number of aryl methyl sites for hydroxylation is 1. The van der Waals surface area contributed by atoms with E-state index in [0.29, 0.717) is 18.6 Å². The molecule has 3 heterocycles. The normalized spacial score (nSPS) is 22.5. The molecule has 0 unspecified atom stereocenters. The Kier molecular flexibility index (Phi) is 5.62. The largest absolute Gasteiger partial charge is 0.444 e. The zero-order valence-corrected chi connectivity index (χ0v) is 19.9. The van der Waals surface area contributed by atoms with E-state index in [0.717, 1.165) is 23.9 Å². The van der Waals surface area contributed by atoms with Crippen LogP contribution in [-0.4, -0.2) is 50.6 Å². The highest BCUT2D eigenvalue weighted by atomic mass is 16.6. The molecule has 2 aliphatic rings. The fraction of sp³-hybridized carbons (Fsp3) is 0.583. The SMILES string of the molecule is Cn1c(=O)n([C@]2(C)CCC(=O)NC2=O)c2ccc(C3CCN(C(=O)OC(C)(C)C)CC3)cc21. The Hall–Kier alpha value is -3.10. The van der Waals surface area contributed by atoms with Crippen molar-refractivity contribution in [1.82, 2.24) is 19.4 Å². The van der Waals surface area contributed by atoms with Gasteiger partial charge in [-0.1, -0.05) is 6.07 Å². The number of fused-ring (bicyclic) bond motifs is 1. The van der Waals surface area contributed by atoms with Gasteiger partial charge in [-0.15, -0.1) is 0 Å². The molecule has 0 spiro atoms. The molecule has 3 amide bonds. The molecule has 2 aliphatic heterocycles. The van der Waals surface area contributed by atoms with Gasteiger partial charge in [0, 0.05) is 26.6 Å². The number of nitrogens with zero attached hydrogens (tertiary/aromatic N) is 3. The van der Waals surface area contributed by atoms with Gasteiger partial charge in [-0.3, -0.25) is 24.0 Å². The number of imide groups is 1. The number of benzene rings is 1. The van der Waals surface area contributed by atoms with Crippen LogP contribution in [0.25, 0.3) is 11.0 Å². The first kappa shape index (κ1) is 23.1. The van der Waals surface area contributed by atoms with E-state index in [9.17, 15) is 19.2 Å². The number of carbonyl (C=O) groups excluding carboxylic acids is 3. The van der Waals surface area contributed by atoms with Crippen LogP contribution in [0.4, 0.5) is 4.79 Å². The van der Waals surface area contributed by atoms with Crippen molar-refractivity contribution < 1.29 is 19.1 Å². The van der Waals surface area contributed by atoms with E-state index < -0.39 is 17.0 Å². The van der Waals surface area contributed by atoms with Crippen LogP contribution in [0.3, 0.4) is 0 Å². The van der Waals surface area contributed by atoms with Gasteiger partial charge in [-0.25, -0.2) is 9.59 Å². The molecule has 178 valence electrons. The number of nitrogens with one attached hydrogen (secondary N) is 1. The number of hydrogen-bond acceptors (Lipinski definition) is 5. The van der Waals surface area contributed by atoms with Crippen LogP contribution < -0.4 is 11.0 Å². The fourth-order valence-electron chi connectivity index (χ4n) is 4.81. The minimum atomic E-state index is -1.12. The molecule has 33 heavy (non-hydrogen) atoms. The Labute approximate surface area is 192 Å². The molecule has 9 nitrogen and oxygen atoms in total. The summed E-state index contributed by atoms with van der Waals surface area (Å²) in [5.74, 6) is -0.504. The second kappa shape index (κ2) is 8.04. The lowest BCUT2D eigenvalue weighted by Gasteiger charge is -2.34. The van der Waals surface area contributed by atoms with Crippen molar-refractivity contribution in [2.24, 2.45) is 7.05 Å². The van der Waals surface area contributed by atoms with Crippen molar-refractivity contribution in [3.8, 4) is 0 Å². The fourth-order valence-corrected chi connectivity index (χ4v) is 4.81. The zero-order chi connectivity index (χ0) is 24.1. The first-order chi connectivity index (χ1) is 15.4. The Morgan fingerprint density at radius 3 is 2.39 bits per heavy atom. The lowest BCUT2D eigenvalue weighted by molar-refractivity contribution is -0.140. The summed E-state index contributed by atoms with van der Waals surface area (Å²) in [5.41, 5.74) is 0.602. The number of hydrogen-bond donors (Lipinski definition) is 1. The van der Waals surface area contributed by atoms with Crippen molar-refractivity contribution in [2.45, 2.75) is 70.4 Å². The van der Waals surface area contributed by atoms with E-state index >= 15 is 0 Å². The van der Waals surface area contributed by atoms with E-state index in [1.807, 2.05) is 39.0 Å². The molecule has 4 rings (SSSR count). The molecular formula is C24H32N4O5. The lowest BCUT2D eigenvalue weighted by Crippen LogP contribution is -2.55. The third kappa shape index (κ3) is 4.16. The van der Waals surface area contributed by atoms with Gasteiger partial charge < -0.3 is 9.64 Å². The average molecular weight is 457 g/mol. The minimum Gasteiger partial charge on any atom is -0.444 e. The third-order valence-electron chi connectivity index (χ3n) is 6.77. The summed E-state index contributed by atoms with van der Waals surface area (Å²) in [4.78, 5) is 51.6. The van der Waals surface area contributed by atoms with Gasteiger partial charge in [0.1, 0.15) is 11.1 Å². The standard InChI is InChI=1S/C24H32N4O5/c1-23(2,3)33-22(32)27-12-9-15(10-13-27)16-6-7-17-18(14-16)26(5)21(31)28(17)24(4)11-8-19(29)25-20(24)30/h6-7,14-15H,8-13H2,1-5H3,(H,25,29,30)/t24-/m1/s1. The molecule has 2 aromatic rings. The maximum Gasteiger partial charge on any atom is 0.410 e. The number of aromatic nitrogens is 2. The summed E-state index contributed by atoms with van der Waals surface area (Å²) < 4.78 is 8.55. The zero-order valence-electron chi connectivity index (χ0n) is 19.9. The predicted octanol–water partition coefficient (Wildman–Crippen LogP) is 2.61. The van der Waals surface area contributed by atoms with Crippen molar-refractivity contribution in [3.05, 3.63) is 34.2 Å². The summed E-state index contributed by atoms with van der Waals surface area (Å²) in [6.45, 7) is 8.51. The summed E-state index contributed by atoms with van der Waals surface area (Å²) in [6.07, 6.45) is 1.80. The smallest absolute Gasteiger partial charge is 0.410 e. The van der Waals surface area contributed by atoms with Gasteiger partial charge >= 0.3 is 11.8 Å². The van der Waals surface area contributed by atoms with Crippen LogP contribution in [0, 0.1) is 0 Å². The topological polar surface area (TPSA) is 103 Å². The van der Waals surface area contributed by atoms with Crippen molar-refractivity contribution >= 4 is 28.9 Å². The van der Waals surface area contributed by atoms with E-state index in [1.54, 1.807) is 23.4 Å². The van der Waals surface area contributed by atoms with Gasteiger partial charge in [-0.2, -0.15) is 0 Å². The Morgan fingerprint density at radius 2 is 1.79 bits per heavy atom. The molecule has 0 radical (unpaired) electrons. The molecule has 2 saturated heterocycles. The van der Waals surface area contributed by atoms with E-state index in [2.05, 4.69) is 5.32 Å². The number of imidazole rings is 1. The monoisotopic (exact) mass is 456 g/mol. The first-order valence-corrected chi connectivity index (χ1v) is 11.4. The quantitative estimate of drug-likeness (QED) is 0.700. The Balaban J connectivity index is 1.59. The number of ether oxygens (including phenoxy) is 1. The molecular weight excluding hydrogens is 424 g/mol. The lowest BCUT2D eigenvalue weighted by atomic mass is 9.88. The summed E-state index contributed by atoms with van der Waals surface area (Å²) in [7, 11) is 1.70. The van der Waals surface area contributed by atoms with Gasteiger partial charge in [0.2, 0.25) is 5.91 Å². The summed E-state index contributed by atoms with van der Waals surface area (Å²) in [6, 6.07) is 5.90. The minimum absolute atomic E-state index is 0.194. The molecule has 1 N–H and O–H groups in total. The molecule has 0 aliphatic carbocycles. The van der Waals surface area contributed by atoms with Crippen LogP contribution in [0.2, 0.25) is 0 Å². The van der Waals surface area contributed by atoms with Gasteiger partial charge in [0.05, 0.1) is 11.0 Å². The van der Waals surface area contributed by atoms with Crippen LogP contribution >= 0.6 is 0 Å². The number of amides is 3. The molecule has 1 aromatic heterocycles. The van der Waals surface area contributed by atoms with Crippen LogP contribution in [0.1, 0.15) is 64.9 Å². The number of likely N-dealkylation sites (tertiary alicyclic amines) is 1. The highest BCUT2D eigenvalue weighted by Gasteiger charge is 2.42. The van der Waals surface area contributed by atoms with Crippen LogP contribution in [-0.2, 0) is 26.9 Å². The Morgan fingerprint density at radius 1 is 1.12 bits per heavy atom. The summed E-state index contributed by atoms with van der Waals surface area (Å²) in [5, 5.41) is 2.37. The first-order valence-electron chi connectivity index (χ1n) is 11.4. The second-order valence-electron chi connectivity index (χ2n) is 10.3. The Bertz CT molecular complexity index is 1180. The summed E-state index contributed by atoms with van der Waals surface area (Å²) >= 11 is 0. The average Bonchev–Trinajstić information content (AvgIpc) is 3.00. The van der Waals surface area contributed by atoms with Crippen LogP contribution in [0.15, 0.2) is 23.0 Å². The third-order valence-corrected chi connectivity index (χ3v) is 6.77. The van der Waals surface area contributed by atoms with E-state index in [4.69, 9.17) is 4.74 Å². The molecule has 1 atom stereocenters. The van der Waals surface area contributed by atoms with Crippen molar-refractivity contribution in [2.75, 3.05) is 13.1 Å². The molecule has 2 fully saturated rings. The highest BCUT2D eigenvalue weighted by molar-refractivity contribution is 6.02. The van der Waals surface area contributed by atoms with Crippen molar-refractivity contribution in [3.63, 3.8) is 0 Å². The van der Waals surface area contributed by atoms with E-state index in [-0.39, 0.29) is 36.4 Å². The molecule has 0 bridgehead atoms. The van der Waals surface area contributed by atoms with E-state index in [1.165, 1.54) is 4.57 Å². The second-order valence-corrected chi connectivity index (χ2v) is 10.3. The van der Waals surface area contributed by atoms with Crippen LogP contribution in [0.5, 0.6) is 0 Å². The maximum absolute atomic E-state index is 13.1. The molecule has 0 saturated carbocycles. The number of rotatable bonds is 2.